The Morgan fingerprint density at radius 1 is 1.30 bits per heavy atom. The zero-order chi connectivity index (χ0) is 24.9. The van der Waals surface area contributed by atoms with Crippen molar-refractivity contribution in [3.05, 3.63) is 35.5 Å². The van der Waals surface area contributed by atoms with E-state index in [1.165, 1.54) is 5.56 Å². The van der Waals surface area contributed by atoms with Gasteiger partial charge in [0.25, 0.3) is 0 Å². The molecule has 2 aromatic heterocycles. The van der Waals surface area contributed by atoms with Crippen LogP contribution in [0.15, 0.2) is 24.4 Å². The van der Waals surface area contributed by atoms with E-state index in [1.807, 2.05) is 18.3 Å². The van der Waals surface area contributed by atoms with E-state index in [9.17, 15) is 4.79 Å². The summed E-state index contributed by atoms with van der Waals surface area (Å²) in [7, 11) is 1.67. The second-order valence-corrected chi connectivity index (χ2v) is 10.4. The lowest BCUT2D eigenvalue weighted by atomic mass is 9.73. The highest BCUT2D eigenvalue weighted by atomic mass is 35.5. The number of nitrogens with zero attached hydrogens (tertiary/aromatic N) is 5. The molecule has 1 aromatic carbocycles. The number of hydrogen-bond acceptors (Lipinski definition) is 8. The minimum Gasteiger partial charge on any atom is -0.376 e. The summed E-state index contributed by atoms with van der Waals surface area (Å²) in [5, 5.41) is 10.5. The Hall–Kier alpha value is -2.95. The van der Waals surface area contributed by atoms with Crippen LogP contribution < -0.4 is 20.9 Å². The summed E-state index contributed by atoms with van der Waals surface area (Å²) in [5.41, 5.74) is 11.4. The normalized spacial score (nSPS) is 22.7. The number of piperidine rings is 1. The summed E-state index contributed by atoms with van der Waals surface area (Å²) in [5.74, 6) is 1.66. The lowest BCUT2D eigenvalue weighted by Crippen LogP contribution is -2.50. The zero-order valence-electron chi connectivity index (χ0n) is 21.4. The highest BCUT2D eigenvalue weighted by Crippen LogP contribution is 2.42. The molecule has 1 amide bonds. The number of nitrogens with two attached hydrogens (primary N) is 1. The monoisotopic (exact) mass is 526 g/mol. The fourth-order valence-electron chi connectivity index (χ4n) is 6.12. The standard InChI is InChI=1S/C26H34N8O2.ClH/c1-16-23(27)26(15-36-16)8-11-33(12-9-26)20-14-29-22-24(30-20)31-32-25(22)34-10-4-6-18-17(13-21(35)28-2)5-3-7-19(18)34;/h3,5,7,14,16,23H,4,6,8-13,15,27H2,1-2H3,(H,28,35)(H,30,31,32);1H/t16-,23+;/m0./s1. The fourth-order valence-corrected chi connectivity index (χ4v) is 6.12. The maximum Gasteiger partial charge on any atom is 0.224 e. The molecule has 198 valence electrons. The number of aromatic amines is 1. The molecule has 0 radical (unpaired) electrons. The second kappa shape index (κ2) is 10.1. The third-order valence-electron chi connectivity index (χ3n) is 8.40. The molecule has 0 saturated carbocycles. The first-order chi connectivity index (χ1) is 17.5. The van der Waals surface area contributed by atoms with Crippen molar-refractivity contribution in [1.82, 2.24) is 25.5 Å². The van der Waals surface area contributed by atoms with Gasteiger partial charge >= 0.3 is 0 Å². The zero-order valence-corrected chi connectivity index (χ0v) is 22.2. The molecule has 0 bridgehead atoms. The van der Waals surface area contributed by atoms with Crippen molar-refractivity contribution in [3.63, 3.8) is 0 Å². The van der Waals surface area contributed by atoms with Crippen molar-refractivity contribution in [1.29, 1.82) is 0 Å². The first-order valence-electron chi connectivity index (χ1n) is 12.9. The number of hydrogen-bond donors (Lipinski definition) is 3. The SMILES string of the molecule is CNC(=O)Cc1cccc2c1CCCN2c1n[nH]c2nc(N3CCC4(CC3)CO[C@@H](C)[C@H]4N)cnc12.Cl. The number of amides is 1. The van der Waals surface area contributed by atoms with Gasteiger partial charge in [0, 0.05) is 43.8 Å². The first kappa shape index (κ1) is 25.7. The first-order valence-corrected chi connectivity index (χ1v) is 12.9. The van der Waals surface area contributed by atoms with Gasteiger partial charge in [0.1, 0.15) is 5.82 Å². The Kier molecular flexibility index (Phi) is 6.99. The summed E-state index contributed by atoms with van der Waals surface area (Å²) < 4.78 is 5.87. The van der Waals surface area contributed by atoms with Gasteiger partial charge < -0.3 is 25.6 Å². The van der Waals surface area contributed by atoms with E-state index in [0.717, 1.165) is 80.3 Å². The molecule has 0 unspecified atom stereocenters. The van der Waals surface area contributed by atoms with Crippen LogP contribution in [0.3, 0.4) is 0 Å². The van der Waals surface area contributed by atoms with Gasteiger partial charge in [0.05, 0.1) is 25.3 Å². The van der Waals surface area contributed by atoms with Crippen molar-refractivity contribution >= 4 is 46.8 Å². The van der Waals surface area contributed by atoms with Crippen molar-refractivity contribution < 1.29 is 9.53 Å². The maximum atomic E-state index is 12.0. The molecule has 37 heavy (non-hydrogen) atoms. The number of benzene rings is 1. The van der Waals surface area contributed by atoms with Gasteiger partial charge in [-0.25, -0.2) is 9.97 Å². The molecule has 3 aliphatic rings. The molecule has 2 fully saturated rings. The Bertz CT molecular complexity index is 1290. The van der Waals surface area contributed by atoms with E-state index in [2.05, 4.69) is 38.3 Å². The number of aromatic nitrogens is 4. The van der Waals surface area contributed by atoms with Gasteiger partial charge in [-0.05, 0) is 49.8 Å². The molecule has 0 aliphatic carbocycles. The quantitative estimate of drug-likeness (QED) is 0.473. The van der Waals surface area contributed by atoms with Crippen LogP contribution in [0.25, 0.3) is 11.2 Å². The van der Waals surface area contributed by atoms with Crippen LogP contribution in [0.4, 0.5) is 17.3 Å². The molecule has 5 heterocycles. The van der Waals surface area contributed by atoms with Crippen LogP contribution in [-0.2, 0) is 22.4 Å². The van der Waals surface area contributed by atoms with Crippen LogP contribution in [0, 0.1) is 5.41 Å². The van der Waals surface area contributed by atoms with Crippen LogP contribution in [0.5, 0.6) is 0 Å². The summed E-state index contributed by atoms with van der Waals surface area (Å²) in [6.45, 7) is 5.44. The van der Waals surface area contributed by atoms with Crippen LogP contribution in [0.2, 0.25) is 0 Å². The topological polar surface area (TPSA) is 125 Å². The second-order valence-electron chi connectivity index (χ2n) is 10.4. The minimum absolute atomic E-state index is 0. The van der Waals surface area contributed by atoms with Crippen molar-refractivity contribution in [2.45, 2.75) is 51.2 Å². The van der Waals surface area contributed by atoms with E-state index < -0.39 is 0 Å². The van der Waals surface area contributed by atoms with E-state index >= 15 is 0 Å². The number of rotatable bonds is 4. The number of nitrogens with one attached hydrogen (secondary N) is 2. The van der Waals surface area contributed by atoms with Crippen LogP contribution in [-0.4, -0.2) is 71.5 Å². The third kappa shape index (κ3) is 4.41. The smallest absolute Gasteiger partial charge is 0.224 e. The summed E-state index contributed by atoms with van der Waals surface area (Å²) in [4.78, 5) is 26.2. The highest BCUT2D eigenvalue weighted by molar-refractivity contribution is 5.88. The number of anilines is 3. The predicted octanol–water partition coefficient (Wildman–Crippen LogP) is 2.48. The highest BCUT2D eigenvalue weighted by Gasteiger charge is 2.47. The molecule has 1 spiro atoms. The summed E-state index contributed by atoms with van der Waals surface area (Å²) >= 11 is 0. The molecular formula is C26H35ClN8O2. The van der Waals surface area contributed by atoms with E-state index in [0.29, 0.717) is 12.1 Å². The number of ether oxygens (including phenoxy) is 1. The number of fused-ring (bicyclic) bond motifs is 2. The molecule has 3 aromatic rings. The van der Waals surface area contributed by atoms with E-state index in [-0.39, 0.29) is 35.9 Å². The van der Waals surface area contributed by atoms with E-state index in [1.54, 1.807) is 7.05 Å². The Morgan fingerprint density at radius 2 is 2.11 bits per heavy atom. The molecule has 2 saturated heterocycles. The Labute approximate surface area is 222 Å². The van der Waals surface area contributed by atoms with Gasteiger partial charge in [-0.2, -0.15) is 5.10 Å². The summed E-state index contributed by atoms with van der Waals surface area (Å²) in [6, 6.07) is 6.25. The average molecular weight is 527 g/mol. The largest absolute Gasteiger partial charge is 0.376 e. The molecule has 6 rings (SSSR count). The molecular weight excluding hydrogens is 492 g/mol. The van der Waals surface area contributed by atoms with Crippen LogP contribution in [0.1, 0.15) is 37.3 Å². The van der Waals surface area contributed by atoms with Gasteiger partial charge in [-0.1, -0.05) is 12.1 Å². The number of likely N-dealkylation sites (N-methyl/N-ethyl adjacent to an activating group) is 1. The number of halogens is 1. The van der Waals surface area contributed by atoms with E-state index in [4.69, 9.17) is 20.4 Å². The average Bonchev–Trinajstić information content (AvgIpc) is 3.45. The molecule has 10 nitrogen and oxygen atoms in total. The van der Waals surface area contributed by atoms with Gasteiger partial charge in [-0.3, -0.25) is 9.89 Å². The minimum atomic E-state index is 0. The molecule has 3 aliphatic heterocycles. The molecule has 2 atom stereocenters. The van der Waals surface area contributed by atoms with Gasteiger partial charge in [0.15, 0.2) is 17.0 Å². The van der Waals surface area contributed by atoms with Crippen molar-refractivity contribution in [2.75, 3.05) is 43.1 Å². The summed E-state index contributed by atoms with van der Waals surface area (Å²) in [6.07, 6.45) is 6.28. The predicted molar refractivity (Wildman–Crippen MR) is 146 cm³/mol. The lowest BCUT2D eigenvalue weighted by Gasteiger charge is -2.41. The number of carbonyl (C=O) groups is 1. The van der Waals surface area contributed by atoms with Crippen molar-refractivity contribution in [3.8, 4) is 0 Å². The van der Waals surface area contributed by atoms with Gasteiger partial charge in [-0.15, -0.1) is 12.4 Å². The Balaban J connectivity index is 0.00000280. The van der Waals surface area contributed by atoms with Crippen molar-refractivity contribution in [2.24, 2.45) is 11.1 Å². The maximum absolute atomic E-state index is 12.0. The third-order valence-corrected chi connectivity index (χ3v) is 8.40. The Morgan fingerprint density at radius 3 is 2.84 bits per heavy atom. The van der Waals surface area contributed by atoms with Crippen LogP contribution >= 0.6 is 12.4 Å². The molecule has 11 heteroatoms. The lowest BCUT2D eigenvalue weighted by molar-refractivity contribution is -0.119. The molecule has 4 N–H and O–H groups in total. The fraction of sp³-hybridized carbons (Fsp3) is 0.538. The number of H-pyrrole nitrogens is 1. The van der Waals surface area contributed by atoms with Gasteiger partial charge in [0.2, 0.25) is 5.91 Å². The number of carbonyl (C=O) groups excluding carboxylic acids is 1.